The Morgan fingerprint density at radius 3 is 3.06 bits per heavy atom. The molecule has 2 atom stereocenters. The maximum Gasteiger partial charge on any atom is 0.129 e. The third kappa shape index (κ3) is 2.65. The minimum atomic E-state index is 0.130. The summed E-state index contributed by atoms with van der Waals surface area (Å²) in [6, 6.07) is 7.63. The zero-order valence-electron chi connectivity index (χ0n) is 10.3. The van der Waals surface area contributed by atoms with Crippen LogP contribution in [0.4, 0.5) is 0 Å². The molecule has 2 aliphatic heterocycles. The third-order valence-corrected chi connectivity index (χ3v) is 6.23. The summed E-state index contributed by atoms with van der Waals surface area (Å²) >= 11 is 3.82. The van der Waals surface area contributed by atoms with Gasteiger partial charge in [0.05, 0.1) is 5.60 Å². The van der Waals surface area contributed by atoms with Gasteiger partial charge < -0.3 is 9.84 Å². The van der Waals surface area contributed by atoms with Crippen molar-refractivity contribution in [3.63, 3.8) is 0 Å². The molecule has 0 amide bonds. The number of hydrogen-bond donors (Lipinski definition) is 1. The van der Waals surface area contributed by atoms with Crippen molar-refractivity contribution in [2.45, 2.75) is 35.0 Å². The largest absolute Gasteiger partial charge is 0.507 e. The van der Waals surface area contributed by atoms with Crippen molar-refractivity contribution in [3.05, 3.63) is 24.3 Å². The van der Waals surface area contributed by atoms with Crippen molar-refractivity contribution in [2.75, 3.05) is 18.1 Å². The van der Waals surface area contributed by atoms with E-state index in [-0.39, 0.29) is 5.60 Å². The van der Waals surface area contributed by atoms with Crippen LogP contribution in [0.15, 0.2) is 29.2 Å². The lowest BCUT2D eigenvalue weighted by Gasteiger charge is -2.37. The topological polar surface area (TPSA) is 29.5 Å². The molecule has 1 spiro atoms. The zero-order valence-corrected chi connectivity index (χ0v) is 11.9. The summed E-state index contributed by atoms with van der Waals surface area (Å²) in [4.78, 5) is 1.00. The van der Waals surface area contributed by atoms with Gasteiger partial charge in [-0.1, -0.05) is 12.1 Å². The minimum Gasteiger partial charge on any atom is -0.507 e. The predicted molar refractivity (Wildman–Crippen MR) is 77.6 cm³/mol. The normalized spacial score (nSPS) is 31.9. The lowest BCUT2D eigenvalue weighted by atomic mass is 9.93. The van der Waals surface area contributed by atoms with Crippen LogP contribution in [-0.4, -0.2) is 34.1 Å². The lowest BCUT2D eigenvalue weighted by molar-refractivity contribution is -0.0562. The van der Waals surface area contributed by atoms with Gasteiger partial charge in [-0.3, -0.25) is 0 Å². The number of ether oxygens (including phenoxy) is 1. The van der Waals surface area contributed by atoms with Gasteiger partial charge in [0, 0.05) is 22.5 Å². The molecule has 2 saturated heterocycles. The molecule has 98 valence electrons. The van der Waals surface area contributed by atoms with E-state index in [0.29, 0.717) is 11.0 Å². The predicted octanol–water partition coefficient (Wildman–Crippen LogP) is 3.54. The van der Waals surface area contributed by atoms with Crippen molar-refractivity contribution in [1.29, 1.82) is 0 Å². The molecule has 18 heavy (non-hydrogen) atoms. The van der Waals surface area contributed by atoms with E-state index in [1.807, 2.05) is 41.7 Å². The second-order valence-electron chi connectivity index (χ2n) is 5.03. The van der Waals surface area contributed by atoms with Crippen molar-refractivity contribution < 1.29 is 9.84 Å². The molecule has 2 unspecified atom stereocenters. The van der Waals surface area contributed by atoms with E-state index >= 15 is 0 Å². The molecule has 0 bridgehead atoms. The molecule has 0 aliphatic carbocycles. The second-order valence-corrected chi connectivity index (χ2v) is 7.48. The molecule has 0 saturated carbocycles. The Labute approximate surface area is 116 Å². The summed E-state index contributed by atoms with van der Waals surface area (Å²) in [5, 5.41) is 10.4. The zero-order chi connectivity index (χ0) is 12.4. The fraction of sp³-hybridized carbons (Fsp3) is 0.571. The molecule has 2 fully saturated rings. The van der Waals surface area contributed by atoms with Gasteiger partial charge in [0.25, 0.3) is 0 Å². The van der Waals surface area contributed by atoms with Crippen LogP contribution in [-0.2, 0) is 4.74 Å². The smallest absolute Gasteiger partial charge is 0.129 e. The number of phenols is 1. The quantitative estimate of drug-likeness (QED) is 0.898. The van der Waals surface area contributed by atoms with Gasteiger partial charge >= 0.3 is 0 Å². The van der Waals surface area contributed by atoms with Gasteiger partial charge in [0.15, 0.2) is 0 Å². The van der Waals surface area contributed by atoms with E-state index in [4.69, 9.17) is 4.74 Å². The first kappa shape index (κ1) is 12.7. The second kappa shape index (κ2) is 5.35. The average Bonchev–Trinajstić information content (AvgIpc) is 2.80. The van der Waals surface area contributed by atoms with Crippen LogP contribution < -0.4 is 0 Å². The Hall–Kier alpha value is -0.320. The van der Waals surface area contributed by atoms with Crippen LogP contribution in [0.2, 0.25) is 0 Å². The van der Waals surface area contributed by atoms with E-state index in [9.17, 15) is 5.11 Å². The van der Waals surface area contributed by atoms with E-state index < -0.39 is 0 Å². The van der Waals surface area contributed by atoms with Crippen molar-refractivity contribution in [1.82, 2.24) is 0 Å². The molecule has 4 heteroatoms. The lowest BCUT2D eigenvalue weighted by Crippen LogP contribution is -2.40. The first-order chi connectivity index (χ1) is 8.77. The monoisotopic (exact) mass is 282 g/mol. The number of hydrogen-bond acceptors (Lipinski definition) is 4. The SMILES string of the molecule is Oc1ccccc1SC1CCOC2(CCSC2)C1. The van der Waals surface area contributed by atoms with E-state index in [1.54, 1.807) is 6.07 Å². The highest BCUT2D eigenvalue weighted by Gasteiger charge is 2.40. The third-order valence-electron chi connectivity index (χ3n) is 3.67. The summed E-state index contributed by atoms with van der Waals surface area (Å²) in [7, 11) is 0. The number of para-hydroxylation sites is 1. The summed E-state index contributed by atoms with van der Waals surface area (Å²) < 4.78 is 6.03. The molecular formula is C14H18O2S2. The van der Waals surface area contributed by atoms with Gasteiger partial charge in [0.1, 0.15) is 5.75 Å². The van der Waals surface area contributed by atoms with Gasteiger partial charge in [0.2, 0.25) is 0 Å². The molecule has 1 N–H and O–H groups in total. The van der Waals surface area contributed by atoms with Crippen LogP contribution in [0.25, 0.3) is 0 Å². The molecule has 1 aromatic carbocycles. The Kier molecular flexibility index (Phi) is 3.78. The van der Waals surface area contributed by atoms with Crippen molar-refractivity contribution in [3.8, 4) is 5.75 Å². The first-order valence-electron chi connectivity index (χ1n) is 6.44. The van der Waals surface area contributed by atoms with Gasteiger partial charge in [-0.25, -0.2) is 0 Å². The van der Waals surface area contributed by atoms with Crippen LogP contribution in [0, 0.1) is 0 Å². The fourth-order valence-electron chi connectivity index (χ4n) is 2.68. The minimum absolute atomic E-state index is 0.130. The Bertz CT molecular complexity index is 416. The summed E-state index contributed by atoms with van der Waals surface area (Å²) in [5.41, 5.74) is 0.130. The van der Waals surface area contributed by atoms with Crippen LogP contribution in [0.3, 0.4) is 0 Å². The Balaban J connectivity index is 1.68. The molecule has 2 heterocycles. The number of phenolic OH excluding ortho intramolecular Hbond substituents is 1. The number of aromatic hydroxyl groups is 1. The van der Waals surface area contributed by atoms with Crippen LogP contribution in [0.5, 0.6) is 5.75 Å². The van der Waals surface area contributed by atoms with Crippen molar-refractivity contribution >= 4 is 23.5 Å². The average molecular weight is 282 g/mol. The van der Waals surface area contributed by atoms with E-state index in [0.717, 1.165) is 30.1 Å². The molecule has 2 aliphatic rings. The first-order valence-corrected chi connectivity index (χ1v) is 8.47. The maximum absolute atomic E-state index is 9.84. The van der Waals surface area contributed by atoms with Gasteiger partial charge in [-0.05, 0) is 37.1 Å². The van der Waals surface area contributed by atoms with Crippen LogP contribution >= 0.6 is 23.5 Å². The Morgan fingerprint density at radius 1 is 1.39 bits per heavy atom. The molecule has 0 radical (unpaired) electrons. The highest BCUT2D eigenvalue weighted by atomic mass is 32.2. The summed E-state index contributed by atoms with van der Waals surface area (Å²) in [6.07, 6.45) is 3.40. The standard InChI is InChI=1S/C14H18O2S2/c15-12-3-1-2-4-13(12)18-11-5-7-16-14(9-11)6-8-17-10-14/h1-4,11,15H,5-10H2. The van der Waals surface area contributed by atoms with E-state index in [1.165, 1.54) is 12.2 Å². The molecule has 2 nitrogen and oxygen atoms in total. The highest BCUT2D eigenvalue weighted by molar-refractivity contribution is 8.00. The van der Waals surface area contributed by atoms with Gasteiger partial charge in [-0.2, -0.15) is 11.8 Å². The summed E-state index contributed by atoms with van der Waals surface area (Å²) in [6.45, 7) is 0.867. The Morgan fingerprint density at radius 2 is 2.28 bits per heavy atom. The number of benzene rings is 1. The molecular weight excluding hydrogens is 264 g/mol. The van der Waals surface area contributed by atoms with E-state index in [2.05, 4.69) is 0 Å². The fourth-order valence-corrected chi connectivity index (χ4v) is 5.37. The maximum atomic E-state index is 9.84. The number of thioether (sulfide) groups is 2. The summed E-state index contributed by atoms with van der Waals surface area (Å²) in [5.74, 6) is 2.78. The highest BCUT2D eigenvalue weighted by Crippen LogP contribution is 2.44. The van der Waals surface area contributed by atoms with Crippen LogP contribution in [0.1, 0.15) is 19.3 Å². The molecule has 0 aromatic heterocycles. The van der Waals surface area contributed by atoms with Crippen molar-refractivity contribution in [2.24, 2.45) is 0 Å². The molecule has 3 rings (SSSR count). The molecule has 1 aromatic rings. The van der Waals surface area contributed by atoms with Gasteiger partial charge in [-0.15, -0.1) is 11.8 Å². The number of rotatable bonds is 2.